The van der Waals surface area contributed by atoms with Crippen LogP contribution in [0, 0.1) is 6.92 Å². The molecule has 1 aliphatic heterocycles. The van der Waals surface area contributed by atoms with Crippen molar-refractivity contribution < 1.29 is 9.59 Å². The molecule has 0 radical (unpaired) electrons. The molecule has 0 aromatic heterocycles. The molecule has 3 rings (SSSR count). The number of hydrogen-bond donors (Lipinski definition) is 2. The third kappa shape index (κ3) is 2.93. The molecule has 0 aliphatic carbocycles. The maximum atomic E-state index is 12.2. The quantitative estimate of drug-likeness (QED) is 0.914. The summed E-state index contributed by atoms with van der Waals surface area (Å²) in [5.74, 6) is -0.164. The fourth-order valence-corrected chi connectivity index (χ4v) is 2.44. The first-order valence-corrected chi connectivity index (χ1v) is 7.17. The molecule has 2 aromatic rings. The van der Waals surface area contributed by atoms with Gasteiger partial charge in [0.1, 0.15) is 0 Å². The summed E-state index contributed by atoms with van der Waals surface area (Å²) in [6, 6.07) is 14.6. The van der Waals surface area contributed by atoms with Crippen molar-refractivity contribution in [2.75, 3.05) is 23.3 Å². The van der Waals surface area contributed by atoms with Crippen LogP contribution in [0.2, 0.25) is 0 Å². The maximum absolute atomic E-state index is 12.2. The highest BCUT2D eigenvalue weighted by molar-refractivity contribution is 6.04. The van der Waals surface area contributed by atoms with E-state index < -0.39 is 0 Å². The third-order valence-corrected chi connectivity index (χ3v) is 3.57. The zero-order chi connectivity index (χ0) is 15.5. The highest BCUT2D eigenvalue weighted by Crippen LogP contribution is 2.18. The second-order valence-electron chi connectivity index (χ2n) is 5.25. The van der Waals surface area contributed by atoms with Gasteiger partial charge < -0.3 is 10.6 Å². The molecule has 1 aliphatic rings. The van der Waals surface area contributed by atoms with Gasteiger partial charge in [0, 0.05) is 30.0 Å². The Kier molecular flexibility index (Phi) is 3.78. The topological polar surface area (TPSA) is 61.4 Å². The summed E-state index contributed by atoms with van der Waals surface area (Å²) in [7, 11) is 0. The summed E-state index contributed by atoms with van der Waals surface area (Å²) in [4.78, 5) is 25.5. The summed E-state index contributed by atoms with van der Waals surface area (Å²) in [5.41, 5.74) is 3.22. The predicted octanol–water partition coefficient (Wildman–Crippen LogP) is 2.78. The lowest BCUT2D eigenvalue weighted by Crippen LogP contribution is -2.27. The zero-order valence-corrected chi connectivity index (χ0v) is 12.3. The number of aryl methyl sites for hydroxylation is 1. The van der Waals surface area contributed by atoms with Crippen molar-refractivity contribution >= 4 is 23.3 Å². The number of carbonyl (C=O) groups excluding carboxylic acids is 2. The molecule has 0 atom stereocenters. The first kappa shape index (κ1) is 14.1. The van der Waals surface area contributed by atoms with E-state index >= 15 is 0 Å². The van der Waals surface area contributed by atoms with Crippen molar-refractivity contribution in [1.82, 2.24) is 5.32 Å². The Morgan fingerprint density at radius 2 is 1.95 bits per heavy atom. The largest absolute Gasteiger partial charge is 0.336 e. The van der Waals surface area contributed by atoms with Crippen LogP contribution in [0.25, 0.3) is 0 Å². The number of nitrogens with zero attached hydrogens (tertiary/aromatic N) is 1. The molecule has 1 fully saturated rings. The number of hydrogen-bond acceptors (Lipinski definition) is 2. The maximum Gasteiger partial charge on any atom is 0.321 e. The van der Waals surface area contributed by atoms with Crippen LogP contribution in [-0.2, 0) is 0 Å². The molecule has 5 heteroatoms. The number of nitrogens with one attached hydrogen (secondary N) is 2. The Morgan fingerprint density at radius 1 is 1.18 bits per heavy atom. The van der Waals surface area contributed by atoms with E-state index in [0.29, 0.717) is 18.7 Å². The first-order chi connectivity index (χ1) is 10.6. The van der Waals surface area contributed by atoms with Gasteiger partial charge in [0.25, 0.3) is 5.91 Å². The van der Waals surface area contributed by atoms with E-state index in [4.69, 9.17) is 0 Å². The summed E-state index contributed by atoms with van der Waals surface area (Å²) in [6.45, 7) is 3.27. The second-order valence-corrected chi connectivity index (χ2v) is 5.25. The Bertz CT molecular complexity index is 710. The van der Waals surface area contributed by atoms with E-state index in [2.05, 4.69) is 10.6 Å². The molecule has 1 saturated heterocycles. The SMILES string of the molecule is Cc1cccc(NC(=O)c2ccc(N3CCNC3=O)cc2)c1. The summed E-state index contributed by atoms with van der Waals surface area (Å²) >= 11 is 0. The number of amides is 3. The molecule has 1 heterocycles. The van der Waals surface area contributed by atoms with Crippen LogP contribution in [0.5, 0.6) is 0 Å². The number of anilines is 2. The monoisotopic (exact) mass is 295 g/mol. The van der Waals surface area contributed by atoms with Crippen LogP contribution in [0.3, 0.4) is 0 Å². The van der Waals surface area contributed by atoms with Gasteiger partial charge in [0.15, 0.2) is 0 Å². The lowest BCUT2D eigenvalue weighted by atomic mass is 10.1. The van der Waals surface area contributed by atoms with E-state index in [-0.39, 0.29) is 11.9 Å². The van der Waals surface area contributed by atoms with Gasteiger partial charge in [-0.05, 0) is 48.9 Å². The Balaban J connectivity index is 1.72. The Hall–Kier alpha value is -2.82. The molecular weight excluding hydrogens is 278 g/mol. The van der Waals surface area contributed by atoms with Gasteiger partial charge in [0.05, 0.1) is 0 Å². The minimum absolute atomic E-state index is 0.100. The average Bonchev–Trinajstić information content (AvgIpc) is 2.93. The summed E-state index contributed by atoms with van der Waals surface area (Å²) < 4.78 is 0. The average molecular weight is 295 g/mol. The predicted molar refractivity (Wildman–Crippen MR) is 86.3 cm³/mol. The van der Waals surface area contributed by atoms with E-state index in [0.717, 1.165) is 16.9 Å². The van der Waals surface area contributed by atoms with Crippen LogP contribution < -0.4 is 15.5 Å². The number of benzene rings is 2. The fourth-order valence-electron chi connectivity index (χ4n) is 2.44. The smallest absolute Gasteiger partial charge is 0.321 e. The molecular formula is C17H17N3O2. The number of urea groups is 1. The third-order valence-electron chi connectivity index (χ3n) is 3.57. The normalized spacial score (nSPS) is 13.9. The van der Waals surface area contributed by atoms with Crippen LogP contribution in [0.4, 0.5) is 16.2 Å². The van der Waals surface area contributed by atoms with Crippen molar-refractivity contribution in [1.29, 1.82) is 0 Å². The number of carbonyl (C=O) groups is 2. The van der Waals surface area contributed by atoms with Crippen molar-refractivity contribution in [3.63, 3.8) is 0 Å². The summed E-state index contributed by atoms with van der Waals surface area (Å²) in [6.07, 6.45) is 0. The molecule has 2 aromatic carbocycles. The molecule has 0 unspecified atom stereocenters. The second kappa shape index (κ2) is 5.89. The van der Waals surface area contributed by atoms with Crippen molar-refractivity contribution in [3.05, 3.63) is 59.7 Å². The highest BCUT2D eigenvalue weighted by Gasteiger charge is 2.21. The van der Waals surface area contributed by atoms with Crippen LogP contribution in [0.1, 0.15) is 15.9 Å². The van der Waals surface area contributed by atoms with E-state index in [9.17, 15) is 9.59 Å². The van der Waals surface area contributed by atoms with Gasteiger partial charge in [-0.3, -0.25) is 9.69 Å². The van der Waals surface area contributed by atoms with E-state index in [1.165, 1.54) is 0 Å². The van der Waals surface area contributed by atoms with E-state index in [1.54, 1.807) is 29.2 Å². The molecule has 2 N–H and O–H groups in total. The van der Waals surface area contributed by atoms with Crippen molar-refractivity contribution in [2.24, 2.45) is 0 Å². The highest BCUT2D eigenvalue weighted by atomic mass is 16.2. The van der Waals surface area contributed by atoms with E-state index in [1.807, 2.05) is 31.2 Å². The van der Waals surface area contributed by atoms with Gasteiger partial charge >= 0.3 is 6.03 Å². The molecule has 3 amide bonds. The lowest BCUT2D eigenvalue weighted by Gasteiger charge is -2.14. The Morgan fingerprint density at radius 3 is 2.59 bits per heavy atom. The van der Waals surface area contributed by atoms with Gasteiger partial charge in [-0.15, -0.1) is 0 Å². The molecule has 5 nitrogen and oxygen atoms in total. The van der Waals surface area contributed by atoms with Crippen molar-refractivity contribution in [2.45, 2.75) is 6.92 Å². The first-order valence-electron chi connectivity index (χ1n) is 7.17. The number of rotatable bonds is 3. The summed E-state index contributed by atoms with van der Waals surface area (Å²) in [5, 5.41) is 5.62. The van der Waals surface area contributed by atoms with Crippen molar-refractivity contribution in [3.8, 4) is 0 Å². The fraction of sp³-hybridized carbons (Fsp3) is 0.176. The zero-order valence-electron chi connectivity index (χ0n) is 12.3. The minimum Gasteiger partial charge on any atom is -0.336 e. The molecule has 0 saturated carbocycles. The van der Waals surface area contributed by atoms with Gasteiger partial charge in [0.2, 0.25) is 0 Å². The van der Waals surface area contributed by atoms with Gasteiger partial charge in [-0.25, -0.2) is 4.79 Å². The van der Waals surface area contributed by atoms with Crippen LogP contribution in [-0.4, -0.2) is 25.0 Å². The lowest BCUT2D eigenvalue weighted by molar-refractivity contribution is 0.102. The molecule has 0 bridgehead atoms. The van der Waals surface area contributed by atoms with Gasteiger partial charge in [-0.2, -0.15) is 0 Å². The van der Waals surface area contributed by atoms with Crippen LogP contribution in [0.15, 0.2) is 48.5 Å². The Labute approximate surface area is 128 Å². The molecule has 112 valence electrons. The molecule has 22 heavy (non-hydrogen) atoms. The molecule has 0 spiro atoms. The minimum atomic E-state index is -0.164. The standard InChI is InChI=1S/C17H17N3O2/c1-12-3-2-4-14(11-12)19-16(21)13-5-7-15(8-6-13)20-10-9-18-17(20)22/h2-8,11H,9-10H2,1H3,(H,18,22)(H,19,21). The van der Waals surface area contributed by atoms with Crippen LogP contribution >= 0.6 is 0 Å². The van der Waals surface area contributed by atoms with Gasteiger partial charge in [-0.1, -0.05) is 12.1 Å².